The molecule has 1 saturated heterocycles. The summed E-state index contributed by atoms with van der Waals surface area (Å²) in [5, 5.41) is 20.2. The van der Waals surface area contributed by atoms with Crippen molar-refractivity contribution in [2.45, 2.75) is 51.8 Å². The first-order valence-corrected chi connectivity index (χ1v) is 7.49. The lowest BCUT2D eigenvalue weighted by molar-refractivity contribution is 0.0312. The molecule has 4 heteroatoms. The maximum absolute atomic E-state index is 10.3. The highest BCUT2D eigenvalue weighted by Gasteiger charge is 2.27. The Morgan fingerprint density at radius 1 is 1.40 bits per heavy atom. The number of aliphatic hydroxyl groups is 1. The Morgan fingerprint density at radius 2 is 2.20 bits per heavy atom. The zero-order chi connectivity index (χ0) is 14.5. The third-order valence-electron chi connectivity index (χ3n) is 3.98. The molecule has 2 atom stereocenters. The first-order chi connectivity index (χ1) is 9.63. The van der Waals surface area contributed by atoms with E-state index >= 15 is 0 Å². The van der Waals surface area contributed by atoms with Crippen molar-refractivity contribution in [1.82, 2.24) is 4.90 Å². The van der Waals surface area contributed by atoms with E-state index in [1.54, 1.807) is 6.07 Å². The molecular formula is C16H25NO3. The van der Waals surface area contributed by atoms with Crippen LogP contribution >= 0.6 is 0 Å². The van der Waals surface area contributed by atoms with E-state index in [9.17, 15) is 10.2 Å². The van der Waals surface area contributed by atoms with Gasteiger partial charge in [0.25, 0.3) is 0 Å². The van der Waals surface area contributed by atoms with Crippen molar-refractivity contribution >= 4 is 0 Å². The highest BCUT2D eigenvalue weighted by Crippen LogP contribution is 2.32. The van der Waals surface area contributed by atoms with E-state index in [1.165, 1.54) is 0 Å². The quantitative estimate of drug-likeness (QED) is 0.869. The minimum absolute atomic E-state index is 0.180. The first-order valence-electron chi connectivity index (χ1n) is 7.49. The van der Waals surface area contributed by atoms with Crippen LogP contribution in [0.25, 0.3) is 0 Å². The minimum atomic E-state index is -0.340. The van der Waals surface area contributed by atoms with Crippen LogP contribution < -0.4 is 4.74 Å². The second kappa shape index (κ2) is 6.95. The number of phenolic OH excluding ortho intramolecular Hbond substituents is 1. The molecule has 0 aromatic heterocycles. The standard InChI is InChI=1S/C16H25NO3/c1-3-20-15-9-6-7-13(16(15)19)11-17-10-5-4-8-14(17)12(2)18/h6-7,9,12,14,18-19H,3-5,8,10-11H2,1-2H3. The van der Waals surface area contributed by atoms with Crippen LogP contribution in [0.2, 0.25) is 0 Å². The summed E-state index contributed by atoms with van der Waals surface area (Å²) in [6.45, 7) is 5.91. The average Bonchev–Trinajstić information content (AvgIpc) is 2.44. The predicted molar refractivity (Wildman–Crippen MR) is 79.0 cm³/mol. The molecule has 20 heavy (non-hydrogen) atoms. The summed E-state index contributed by atoms with van der Waals surface area (Å²) in [5.41, 5.74) is 0.864. The molecule has 4 nitrogen and oxygen atoms in total. The lowest BCUT2D eigenvalue weighted by Gasteiger charge is -2.37. The zero-order valence-electron chi connectivity index (χ0n) is 12.4. The van der Waals surface area contributed by atoms with Crippen molar-refractivity contribution in [2.24, 2.45) is 0 Å². The number of rotatable bonds is 5. The van der Waals surface area contributed by atoms with Gasteiger partial charge < -0.3 is 14.9 Å². The summed E-state index contributed by atoms with van der Waals surface area (Å²) in [7, 11) is 0. The van der Waals surface area contributed by atoms with E-state index in [0.717, 1.165) is 31.4 Å². The van der Waals surface area contributed by atoms with Crippen molar-refractivity contribution in [3.8, 4) is 11.5 Å². The first kappa shape index (κ1) is 15.1. The molecule has 1 aromatic rings. The van der Waals surface area contributed by atoms with Gasteiger partial charge in [-0.2, -0.15) is 0 Å². The predicted octanol–water partition coefficient (Wildman–Crippen LogP) is 2.53. The lowest BCUT2D eigenvalue weighted by Crippen LogP contribution is -2.45. The fourth-order valence-electron chi connectivity index (χ4n) is 2.95. The second-order valence-corrected chi connectivity index (χ2v) is 5.47. The maximum atomic E-state index is 10.3. The van der Waals surface area contributed by atoms with Gasteiger partial charge in [0.05, 0.1) is 12.7 Å². The molecule has 0 aliphatic carbocycles. The number of phenols is 1. The number of nitrogens with zero attached hydrogens (tertiary/aromatic N) is 1. The zero-order valence-corrected chi connectivity index (χ0v) is 12.4. The average molecular weight is 279 g/mol. The third kappa shape index (κ3) is 3.44. The summed E-state index contributed by atoms with van der Waals surface area (Å²) < 4.78 is 5.42. The van der Waals surface area contributed by atoms with E-state index in [2.05, 4.69) is 4.90 Å². The molecule has 1 fully saturated rings. The number of likely N-dealkylation sites (tertiary alicyclic amines) is 1. The summed E-state index contributed by atoms with van der Waals surface area (Å²) in [4.78, 5) is 2.26. The number of aromatic hydroxyl groups is 1. The van der Waals surface area contributed by atoms with Gasteiger partial charge in [-0.05, 0) is 39.3 Å². The molecule has 2 rings (SSSR count). The Bertz CT molecular complexity index is 434. The molecule has 2 unspecified atom stereocenters. The number of hydrogen-bond donors (Lipinski definition) is 2. The highest BCUT2D eigenvalue weighted by atomic mass is 16.5. The van der Waals surface area contributed by atoms with E-state index in [-0.39, 0.29) is 17.9 Å². The highest BCUT2D eigenvalue weighted by molar-refractivity contribution is 5.45. The van der Waals surface area contributed by atoms with Gasteiger partial charge in [0.2, 0.25) is 0 Å². The Hall–Kier alpha value is -1.26. The molecule has 0 spiro atoms. The summed E-state index contributed by atoms with van der Waals surface area (Å²) in [5.74, 6) is 0.764. The van der Waals surface area contributed by atoms with Gasteiger partial charge in [0.1, 0.15) is 0 Å². The van der Waals surface area contributed by atoms with Gasteiger partial charge in [-0.3, -0.25) is 4.90 Å². The minimum Gasteiger partial charge on any atom is -0.504 e. The van der Waals surface area contributed by atoms with E-state index in [4.69, 9.17) is 4.74 Å². The van der Waals surface area contributed by atoms with Crippen LogP contribution in [0.15, 0.2) is 18.2 Å². The number of benzene rings is 1. The summed E-state index contributed by atoms with van der Waals surface area (Å²) in [6, 6.07) is 5.79. The largest absolute Gasteiger partial charge is 0.504 e. The Morgan fingerprint density at radius 3 is 2.90 bits per heavy atom. The van der Waals surface area contributed by atoms with Crippen LogP contribution in [0.3, 0.4) is 0 Å². The molecule has 1 aromatic carbocycles. The summed E-state index contributed by atoms with van der Waals surface area (Å²) in [6.07, 6.45) is 2.99. The van der Waals surface area contributed by atoms with E-state index in [0.29, 0.717) is 18.9 Å². The van der Waals surface area contributed by atoms with Gasteiger partial charge in [0.15, 0.2) is 11.5 Å². The number of hydrogen-bond acceptors (Lipinski definition) is 4. The van der Waals surface area contributed by atoms with Gasteiger partial charge in [0, 0.05) is 18.2 Å². The molecule has 1 aliphatic heterocycles. The van der Waals surface area contributed by atoms with Crippen LogP contribution in [0.1, 0.15) is 38.7 Å². The van der Waals surface area contributed by atoms with Crippen LogP contribution in [0.5, 0.6) is 11.5 Å². The Kier molecular flexibility index (Phi) is 5.26. The Balaban J connectivity index is 2.13. The number of aliphatic hydroxyl groups excluding tert-OH is 1. The van der Waals surface area contributed by atoms with Gasteiger partial charge >= 0.3 is 0 Å². The molecule has 0 bridgehead atoms. The van der Waals surface area contributed by atoms with E-state index in [1.807, 2.05) is 26.0 Å². The molecule has 0 amide bonds. The number of ether oxygens (including phenoxy) is 1. The molecule has 112 valence electrons. The monoisotopic (exact) mass is 279 g/mol. The second-order valence-electron chi connectivity index (χ2n) is 5.47. The molecule has 0 saturated carbocycles. The van der Waals surface area contributed by atoms with E-state index < -0.39 is 0 Å². The fraction of sp³-hybridized carbons (Fsp3) is 0.625. The van der Waals surface area contributed by atoms with Crippen molar-refractivity contribution in [2.75, 3.05) is 13.2 Å². The summed E-state index contributed by atoms with van der Waals surface area (Å²) >= 11 is 0. The Labute approximate surface area is 121 Å². The van der Waals surface area contributed by atoms with Crippen molar-refractivity contribution < 1.29 is 14.9 Å². The molecule has 1 aliphatic rings. The smallest absolute Gasteiger partial charge is 0.162 e. The van der Waals surface area contributed by atoms with Crippen LogP contribution in [-0.4, -0.2) is 40.4 Å². The topological polar surface area (TPSA) is 52.9 Å². The van der Waals surface area contributed by atoms with Gasteiger partial charge in [-0.25, -0.2) is 0 Å². The van der Waals surface area contributed by atoms with Crippen molar-refractivity contribution in [3.05, 3.63) is 23.8 Å². The maximum Gasteiger partial charge on any atom is 0.162 e. The molecular weight excluding hydrogens is 254 g/mol. The lowest BCUT2D eigenvalue weighted by atomic mass is 9.97. The van der Waals surface area contributed by atoms with Crippen molar-refractivity contribution in [3.63, 3.8) is 0 Å². The van der Waals surface area contributed by atoms with Gasteiger partial charge in [-0.1, -0.05) is 18.6 Å². The number of para-hydroxylation sites is 1. The fourth-order valence-corrected chi connectivity index (χ4v) is 2.95. The third-order valence-corrected chi connectivity index (χ3v) is 3.98. The van der Waals surface area contributed by atoms with Crippen LogP contribution in [0.4, 0.5) is 0 Å². The number of piperidine rings is 1. The van der Waals surface area contributed by atoms with Crippen molar-refractivity contribution in [1.29, 1.82) is 0 Å². The molecule has 0 radical (unpaired) electrons. The normalized spacial score (nSPS) is 21.6. The van der Waals surface area contributed by atoms with Crippen LogP contribution in [-0.2, 0) is 6.54 Å². The molecule has 2 N–H and O–H groups in total. The van der Waals surface area contributed by atoms with Crippen LogP contribution in [0, 0.1) is 0 Å². The SMILES string of the molecule is CCOc1cccc(CN2CCCCC2C(C)O)c1O. The van der Waals surface area contributed by atoms with Gasteiger partial charge in [-0.15, -0.1) is 0 Å². The molecule has 1 heterocycles.